The number of hydrogen-bond acceptors (Lipinski definition) is 4. The number of carbonyl (C=O) groups excluding carboxylic acids is 1. The Morgan fingerprint density at radius 3 is 2.26 bits per heavy atom. The number of rotatable bonds is 6. The summed E-state index contributed by atoms with van der Waals surface area (Å²) < 4.78 is 12.9. The van der Waals surface area contributed by atoms with Gasteiger partial charge in [-0.2, -0.15) is 0 Å². The Morgan fingerprint density at radius 2 is 1.67 bits per heavy atom. The van der Waals surface area contributed by atoms with E-state index in [-0.39, 0.29) is 17.4 Å². The largest absolute Gasteiger partial charge is 0.347 e. The Kier molecular flexibility index (Phi) is 5.76. The molecule has 0 aliphatic carbocycles. The molecular weight excluding hydrogens is 343 g/mol. The van der Waals surface area contributed by atoms with Crippen LogP contribution in [0.4, 0.5) is 15.9 Å². The zero-order valence-electron chi connectivity index (χ0n) is 15.2. The van der Waals surface area contributed by atoms with Crippen molar-refractivity contribution in [2.45, 2.75) is 26.3 Å². The van der Waals surface area contributed by atoms with Crippen LogP contribution in [0.2, 0.25) is 0 Å². The number of aromatic nitrogens is 2. The summed E-state index contributed by atoms with van der Waals surface area (Å²) in [5.74, 6) is 0.395. The highest BCUT2D eigenvalue weighted by atomic mass is 19.1. The fraction of sp³-hybridized carbons (Fsp3) is 0.190. The van der Waals surface area contributed by atoms with Gasteiger partial charge in [0.25, 0.3) is 5.91 Å². The molecule has 0 aliphatic rings. The van der Waals surface area contributed by atoms with Crippen LogP contribution < -0.4 is 10.6 Å². The molecule has 0 atom stereocenters. The summed E-state index contributed by atoms with van der Waals surface area (Å²) in [4.78, 5) is 12.1. The second kappa shape index (κ2) is 8.40. The SMILES string of the molecule is CC(C)c1ccc(Nc2ccc(C(=O)NCc3ccc(F)cc3)nn2)cc1. The summed E-state index contributed by atoms with van der Waals surface area (Å²) in [5, 5.41) is 13.9. The molecule has 5 nitrogen and oxygen atoms in total. The predicted octanol–water partition coefficient (Wildman–Crippen LogP) is 4.41. The molecule has 1 heterocycles. The van der Waals surface area contributed by atoms with Gasteiger partial charge in [-0.15, -0.1) is 10.2 Å². The van der Waals surface area contributed by atoms with Crippen LogP contribution in [0.3, 0.4) is 0 Å². The lowest BCUT2D eigenvalue weighted by Crippen LogP contribution is -2.24. The molecule has 0 fully saturated rings. The number of hydrogen-bond donors (Lipinski definition) is 2. The molecule has 0 aliphatic heterocycles. The Labute approximate surface area is 157 Å². The van der Waals surface area contributed by atoms with Crippen molar-refractivity contribution in [2.24, 2.45) is 0 Å². The van der Waals surface area contributed by atoms with Crippen LogP contribution in [-0.2, 0) is 6.54 Å². The Morgan fingerprint density at radius 1 is 0.963 bits per heavy atom. The van der Waals surface area contributed by atoms with Crippen LogP contribution in [0.25, 0.3) is 0 Å². The van der Waals surface area contributed by atoms with Gasteiger partial charge in [-0.1, -0.05) is 38.1 Å². The maximum Gasteiger partial charge on any atom is 0.272 e. The minimum Gasteiger partial charge on any atom is -0.347 e. The fourth-order valence-electron chi connectivity index (χ4n) is 2.49. The summed E-state index contributed by atoms with van der Waals surface area (Å²) in [5.41, 5.74) is 3.20. The number of benzene rings is 2. The first-order valence-corrected chi connectivity index (χ1v) is 8.74. The van der Waals surface area contributed by atoms with Crippen LogP contribution in [0.5, 0.6) is 0 Å². The van der Waals surface area contributed by atoms with Crippen molar-refractivity contribution in [3.63, 3.8) is 0 Å². The highest BCUT2D eigenvalue weighted by molar-refractivity contribution is 5.92. The molecule has 3 aromatic rings. The molecule has 0 bridgehead atoms. The minimum absolute atomic E-state index is 0.220. The number of nitrogens with one attached hydrogen (secondary N) is 2. The van der Waals surface area contributed by atoms with E-state index in [1.165, 1.54) is 17.7 Å². The standard InChI is InChI=1S/C21H21FN4O/c1-14(2)16-5-9-18(10-6-16)24-20-12-11-19(25-26-20)21(27)23-13-15-3-7-17(22)8-4-15/h3-12,14H,13H2,1-2H3,(H,23,27)(H,24,26). The first-order chi connectivity index (χ1) is 13.0. The molecule has 0 saturated heterocycles. The smallest absolute Gasteiger partial charge is 0.272 e. The van der Waals surface area contributed by atoms with Crippen LogP contribution >= 0.6 is 0 Å². The third-order valence-electron chi connectivity index (χ3n) is 4.11. The summed E-state index contributed by atoms with van der Waals surface area (Å²) >= 11 is 0. The minimum atomic E-state index is -0.334. The van der Waals surface area contributed by atoms with Crippen LogP contribution in [0.15, 0.2) is 60.7 Å². The maximum absolute atomic E-state index is 12.9. The number of anilines is 2. The lowest BCUT2D eigenvalue weighted by Gasteiger charge is -2.09. The molecule has 0 radical (unpaired) electrons. The first-order valence-electron chi connectivity index (χ1n) is 8.74. The van der Waals surface area contributed by atoms with E-state index in [1.54, 1.807) is 24.3 Å². The van der Waals surface area contributed by atoms with Crippen molar-refractivity contribution in [3.05, 3.63) is 83.3 Å². The second-order valence-corrected chi connectivity index (χ2v) is 6.51. The third-order valence-corrected chi connectivity index (χ3v) is 4.11. The van der Waals surface area contributed by atoms with Gasteiger partial charge in [0, 0.05) is 12.2 Å². The molecule has 0 unspecified atom stereocenters. The summed E-state index contributed by atoms with van der Waals surface area (Å²) in [6.07, 6.45) is 0. The van der Waals surface area contributed by atoms with Crippen molar-refractivity contribution in [1.29, 1.82) is 0 Å². The van der Waals surface area contributed by atoms with E-state index in [2.05, 4.69) is 46.8 Å². The molecule has 138 valence electrons. The summed E-state index contributed by atoms with van der Waals surface area (Å²) in [7, 11) is 0. The molecule has 1 amide bonds. The van der Waals surface area contributed by atoms with Crippen molar-refractivity contribution in [1.82, 2.24) is 15.5 Å². The van der Waals surface area contributed by atoms with Crippen LogP contribution in [-0.4, -0.2) is 16.1 Å². The number of halogens is 1. The van der Waals surface area contributed by atoms with E-state index in [9.17, 15) is 9.18 Å². The van der Waals surface area contributed by atoms with Crippen LogP contribution in [0.1, 0.15) is 41.4 Å². The lowest BCUT2D eigenvalue weighted by atomic mass is 10.0. The zero-order chi connectivity index (χ0) is 19.2. The van der Waals surface area contributed by atoms with E-state index in [0.29, 0.717) is 18.3 Å². The van der Waals surface area contributed by atoms with E-state index in [4.69, 9.17) is 0 Å². The Bertz CT molecular complexity index is 891. The summed E-state index contributed by atoms with van der Waals surface area (Å²) in [6, 6.07) is 17.4. The van der Waals surface area contributed by atoms with Crippen molar-refractivity contribution in [3.8, 4) is 0 Å². The van der Waals surface area contributed by atoms with Gasteiger partial charge in [0.05, 0.1) is 0 Å². The first kappa shape index (κ1) is 18.5. The third kappa shape index (κ3) is 5.10. The van der Waals surface area contributed by atoms with Crippen molar-refractivity contribution in [2.75, 3.05) is 5.32 Å². The van der Waals surface area contributed by atoms with Gasteiger partial charge in [0.1, 0.15) is 5.82 Å². The molecule has 27 heavy (non-hydrogen) atoms. The highest BCUT2D eigenvalue weighted by Crippen LogP contribution is 2.19. The normalized spacial score (nSPS) is 10.7. The number of nitrogens with zero attached hydrogens (tertiary/aromatic N) is 2. The summed E-state index contributed by atoms with van der Waals surface area (Å²) in [6.45, 7) is 4.59. The van der Waals surface area contributed by atoms with E-state index >= 15 is 0 Å². The quantitative estimate of drug-likeness (QED) is 0.680. The molecule has 3 rings (SSSR count). The molecule has 0 spiro atoms. The average molecular weight is 364 g/mol. The van der Waals surface area contributed by atoms with Gasteiger partial charge in [-0.25, -0.2) is 4.39 Å². The number of amides is 1. The zero-order valence-corrected chi connectivity index (χ0v) is 15.2. The Balaban J connectivity index is 1.57. The van der Waals surface area contributed by atoms with E-state index in [1.807, 2.05) is 12.1 Å². The molecule has 1 aromatic heterocycles. The lowest BCUT2D eigenvalue weighted by molar-refractivity contribution is 0.0945. The monoisotopic (exact) mass is 364 g/mol. The fourth-order valence-corrected chi connectivity index (χ4v) is 2.49. The average Bonchev–Trinajstić information content (AvgIpc) is 2.68. The molecule has 2 aromatic carbocycles. The number of carbonyl (C=O) groups is 1. The molecular formula is C21H21FN4O. The van der Waals surface area contributed by atoms with E-state index in [0.717, 1.165) is 11.3 Å². The molecule has 0 saturated carbocycles. The van der Waals surface area contributed by atoms with Gasteiger partial charge in [0.2, 0.25) is 0 Å². The van der Waals surface area contributed by atoms with Gasteiger partial charge in [-0.05, 0) is 53.4 Å². The highest BCUT2D eigenvalue weighted by Gasteiger charge is 2.08. The van der Waals surface area contributed by atoms with Gasteiger partial charge in [0.15, 0.2) is 11.5 Å². The van der Waals surface area contributed by atoms with Gasteiger partial charge < -0.3 is 10.6 Å². The second-order valence-electron chi connectivity index (χ2n) is 6.51. The van der Waals surface area contributed by atoms with Gasteiger partial charge >= 0.3 is 0 Å². The van der Waals surface area contributed by atoms with Crippen LogP contribution in [0, 0.1) is 5.82 Å². The van der Waals surface area contributed by atoms with Crippen molar-refractivity contribution < 1.29 is 9.18 Å². The maximum atomic E-state index is 12.9. The van der Waals surface area contributed by atoms with Gasteiger partial charge in [-0.3, -0.25) is 4.79 Å². The van der Waals surface area contributed by atoms with E-state index < -0.39 is 0 Å². The topological polar surface area (TPSA) is 66.9 Å². The molecule has 2 N–H and O–H groups in total. The molecule has 6 heteroatoms. The Hall–Kier alpha value is -3.28. The van der Waals surface area contributed by atoms with Crippen molar-refractivity contribution >= 4 is 17.4 Å². The predicted molar refractivity (Wildman–Crippen MR) is 103 cm³/mol.